The van der Waals surface area contributed by atoms with Gasteiger partial charge in [-0.25, -0.2) is 0 Å². The Kier molecular flexibility index (Phi) is 5.94. The van der Waals surface area contributed by atoms with Crippen molar-refractivity contribution >= 4 is 17.5 Å². The number of hydrogen-bond acceptors (Lipinski definition) is 5. The number of hydrogen-bond donors (Lipinski definition) is 1. The minimum absolute atomic E-state index is 0.0310. The second-order valence-corrected chi connectivity index (χ2v) is 5.32. The van der Waals surface area contributed by atoms with E-state index in [-0.39, 0.29) is 17.9 Å². The van der Waals surface area contributed by atoms with Crippen molar-refractivity contribution in [2.45, 2.75) is 13.8 Å². The highest BCUT2D eigenvalue weighted by molar-refractivity contribution is 6.12. The number of aliphatic hydroxyl groups is 1. The molecule has 0 saturated carbocycles. The Hall–Kier alpha value is -2.84. The molecule has 0 fully saturated rings. The van der Waals surface area contributed by atoms with Crippen LogP contribution in [-0.4, -0.2) is 30.6 Å². The van der Waals surface area contributed by atoms with Crippen molar-refractivity contribution in [3.63, 3.8) is 0 Å². The summed E-state index contributed by atoms with van der Waals surface area (Å²) in [5, 5.41) is 18.4. The number of nitrogens with zero attached hydrogens (tertiary/aromatic N) is 2. The number of carbonyl (C=O) groups is 1. The monoisotopic (exact) mass is 324 g/mol. The van der Waals surface area contributed by atoms with Crippen molar-refractivity contribution < 1.29 is 14.3 Å². The van der Waals surface area contributed by atoms with Gasteiger partial charge in [0.15, 0.2) is 5.76 Å². The molecule has 0 amide bonds. The van der Waals surface area contributed by atoms with Crippen LogP contribution in [0.15, 0.2) is 46.6 Å². The predicted octanol–water partition coefficient (Wildman–Crippen LogP) is 3.20. The molecule has 5 heteroatoms. The molecule has 2 aromatic rings. The molecule has 0 aliphatic carbocycles. The smallest absolute Gasteiger partial charge is 0.238 e. The van der Waals surface area contributed by atoms with Crippen LogP contribution in [0, 0.1) is 18.3 Å². The maximum Gasteiger partial charge on any atom is 0.238 e. The molecule has 0 spiro atoms. The van der Waals surface area contributed by atoms with Crippen LogP contribution in [0.25, 0.3) is 6.08 Å². The fourth-order valence-electron chi connectivity index (χ4n) is 2.45. The Labute approximate surface area is 141 Å². The number of aliphatic hydroxyl groups excluding tert-OH is 1. The van der Waals surface area contributed by atoms with Crippen LogP contribution in [-0.2, 0) is 0 Å². The molecule has 1 heterocycles. The lowest BCUT2D eigenvalue weighted by Crippen LogP contribution is -2.26. The maximum atomic E-state index is 12.2. The quantitative estimate of drug-likeness (QED) is 0.481. The van der Waals surface area contributed by atoms with Crippen molar-refractivity contribution in [1.82, 2.24) is 0 Å². The number of Topliss-reactive ketones (excluding diaryl/α,β-unsaturated/α-hetero) is 1. The normalized spacial score (nSPS) is 11.2. The lowest BCUT2D eigenvalue weighted by Gasteiger charge is -2.22. The van der Waals surface area contributed by atoms with Crippen molar-refractivity contribution in [1.29, 1.82) is 5.26 Å². The van der Waals surface area contributed by atoms with Gasteiger partial charge < -0.3 is 14.4 Å². The molecule has 0 saturated heterocycles. The van der Waals surface area contributed by atoms with E-state index in [0.717, 1.165) is 23.4 Å². The SMILES string of the molecule is CCN(CCO)c1ccc(/C=C(\C#N)C(=O)c2ccco2)c(C)c1. The van der Waals surface area contributed by atoms with Crippen LogP contribution >= 0.6 is 0 Å². The summed E-state index contributed by atoms with van der Waals surface area (Å²) in [5.41, 5.74) is 2.78. The van der Waals surface area contributed by atoms with Gasteiger partial charge >= 0.3 is 0 Å². The number of rotatable bonds is 7. The number of furan rings is 1. The maximum absolute atomic E-state index is 12.2. The van der Waals surface area contributed by atoms with E-state index in [2.05, 4.69) is 4.90 Å². The summed E-state index contributed by atoms with van der Waals surface area (Å²) in [7, 11) is 0. The van der Waals surface area contributed by atoms with Crippen LogP contribution < -0.4 is 4.90 Å². The molecule has 0 aliphatic rings. The first-order valence-electron chi connectivity index (χ1n) is 7.77. The van der Waals surface area contributed by atoms with Gasteiger partial charge in [0.2, 0.25) is 5.78 Å². The van der Waals surface area contributed by atoms with E-state index in [4.69, 9.17) is 9.52 Å². The van der Waals surface area contributed by atoms with E-state index in [9.17, 15) is 10.1 Å². The van der Waals surface area contributed by atoms with Crippen molar-refractivity contribution in [2.75, 3.05) is 24.6 Å². The number of benzene rings is 1. The molecule has 1 aromatic carbocycles. The van der Waals surface area contributed by atoms with Gasteiger partial charge in [0.25, 0.3) is 0 Å². The Morgan fingerprint density at radius 3 is 2.75 bits per heavy atom. The molecule has 0 radical (unpaired) electrons. The van der Waals surface area contributed by atoms with Crippen LogP contribution in [0.4, 0.5) is 5.69 Å². The Morgan fingerprint density at radius 2 is 2.21 bits per heavy atom. The average Bonchev–Trinajstić information content (AvgIpc) is 3.12. The van der Waals surface area contributed by atoms with Crippen molar-refractivity contribution in [3.05, 3.63) is 59.1 Å². The molecule has 1 N–H and O–H groups in total. The number of nitriles is 1. The molecule has 0 aliphatic heterocycles. The molecule has 2 rings (SSSR count). The first-order valence-corrected chi connectivity index (χ1v) is 7.77. The highest BCUT2D eigenvalue weighted by Gasteiger charge is 2.15. The lowest BCUT2D eigenvalue weighted by molar-refractivity contribution is 0.101. The topological polar surface area (TPSA) is 77.5 Å². The first-order chi connectivity index (χ1) is 11.6. The zero-order valence-electron chi connectivity index (χ0n) is 13.8. The minimum atomic E-state index is -0.429. The largest absolute Gasteiger partial charge is 0.461 e. The van der Waals surface area contributed by atoms with Gasteiger partial charge in [0.05, 0.1) is 12.9 Å². The first kappa shape index (κ1) is 17.5. The molecule has 0 bridgehead atoms. The third-order valence-corrected chi connectivity index (χ3v) is 3.78. The lowest BCUT2D eigenvalue weighted by atomic mass is 10.0. The highest BCUT2D eigenvalue weighted by Crippen LogP contribution is 2.22. The molecular formula is C19H20N2O3. The summed E-state index contributed by atoms with van der Waals surface area (Å²) >= 11 is 0. The Morgan fingerprint density at radius 1 is 1.42 bits per heavy atom. The summed E-state index contributed by atoms with van der Waals surface area (Å²) in [6.07, 6.45) is 2.98. The molecule has 5 nitrogen and oxygen atoms in total. The summed E-state index contributed by atoms with van der Waals surface area (Å²) in [6, 6.07) is 10.9. The van der Waals surface area contributed by atoms with Crippen molar-refractivity contribution in [2.24, 2.45) is 0 Å². The summed E-state index contributed by atoms with van der Waals surface area (Å²) < 4.78 is 5.07. The second-order valence-electron chi connectivity index (χ2n) is 5.32. The van der Waals surface area contributed by atoms with Gasteiger partial charge in [0.1, 0.15) is 11.6 Å². The molecule has 0 atom stereocenters. The predicted molar refractivity (Wildman–Crippen MR) is 92.8 cm³/mol. The zero-order chi connectivity index (χ0) is 17.5. The summed E-state index contributed by atoms with van der Waals surface area (Å²) in [4.78, 5) is 14.3. The second kappa shape index (κ2) is 8.14. The van der Waals surface area contributed by atoms with E-state index in [0.29, 0.717) is 6.54 Å². The Balaban J connectivity index is 2.31. The van der Waals surface area contributed by atoms with Crippen molar-refractivity contribution in [3.8, 4) is 6.07 Å². The van der Waals surface area contributed by atoms with E-state index in [1.807, 2.05) is 38.1 Å². The summed E-state index contributed by atoms with van der Waals surface area (Å²) in [6.45, 7) is 5.38. The molecule has 124 valence electrons. The van der Waals surface area contributed by atoms with Gasteiger partial charge in [-0.1, -0.05) is 6.07 Å². The number of aryl methyl sites for hydroxylation is 1. The van der Waals surface area contributed by atoms with E-state index >= 15 is 0 Å². The zero-order valence-corrected chi connectivity index (χ0v) is 13.8. The van der Waals surface area contributed by atoms with E-state index in [1.54, 1.807) is 12.1 Å². The van der Waals surface area contributed by atoms with E-state index < -0.39 is 5.78 Å². The third-order valence-electron chi connectivity index (χ3n) is 3.78. The van der Waals surface area contributed by atoms with Gasteiger partial charge in [-0.15, -0.1) is 0 Å². The van der Waals surface area contributed by atoms with Crippen LogP contribution in [0.5, 0.6) is 0 Å². The average molecular weight is 324 g/mol. The van der Waals surface area contributed by atoms with Gasteiger partial charge in [-0.2, -0.15) is 5.26 Å². The number of likely N-dealkylation sites (N-methyl/N-ethyl adjacent to an activating group) is 1. The van der Waals surface area contributed by atoms with Gasteiger partial charge in [-0.3, -0.25) is 4.79 Å². The fraction of sp³-hybridized carbons (Fsp3) is 0.263. The number of anilines is 1. The number of allylic oxidation sites excluding steroid dienone is 1. The third kappa shape index (κ3) is 3.92. The summed E-state index contributed by atoms with van der Waals surface area (Å²) in [5.74, 6) is -0.279. The van der Waals surface area contributed by atoms with Gasteiger partial charge in [0, 0.05) is 18.8 Å². The van der Waals surface area contributed by atoms with Crippen LogP contribution in [0.2, 0.25) is 0 Å². The molecule has 24 heavy (non-hydrogen) atoms. The fourth-order valence-corrected chi connectivity index (χ4v) is 2.45. The van der Waals surface area contributed by atoms with Crippen LogP contribution in [0.3, 0.4) is 0 Å². The Bertz CT molecular complexity index is 770. The molecule has 1 aromatic heterocycles. The minimum Gasteiger partial charge on any atom is -0.461 e. The number of ketones is 1. The highest BCUT2D eigenvalue weighted by atomic mass is 16.3. The van der Waals surface area contributed by atoms with Gasteiger partial charge in [-0.05, 0) is 55.3 Å². The molecule has 0 unspecified atom stereocenters. The number of carbonyl (C=O) groups excluding carboxylic acids is 1. The van der Waals surface area contributed by atoms with Crippen LogP contribution in [0.1, 0.15) is 28.6 Å². The molecular weight excluding hydrogens is 304 g/mol. The van der Waals surface area contributed by atoms with E-state index in [1.165, 1.54) is 12.3 Å². The standard InChI is InChI=1S/C19H20N2O3/c1-3-21(8-9-22)17-7-6-15(14(2)11-17)12-16(13-20)19(23)18-5-4-10-24-18/h4-7,10-12,22H,3,8-9H2,1-2H3/b16-12+.